The van der Waals surface area contributed by atoms with Crippen molar-refractivity contribution < 1.29 is 19.4 Å². The maximum Gasteiger partial charge on any atom is 0.344 e. The first-order valence-electron chi connectivity index (χ1n) is 4.18. The maximum atomic E-state index is 10.7. The Balaban J connectivity index is 2.94. The van der Waals surface area contributed by atoms with Gasteiger partial charge in [0.1, 0.15) is 5.75 Å². The van der Waals surface area contributed by atoms with Gasteiger partial charge in [0.25, 0.3) is 0 Å². The molecule has 0 unspecified atom stereocenters. The Labute approximate surface area is 95.0 Å². The normalized spacial score (nSPS) is 11.9. The van der Waals surface area contributed by atoms with Gasteiger partial charge in [-0.2, -0.15) is 0 Å². The van der Waals surface area contributed by atoms with Gasteiger partial charge in [-0.3, -0.25) is 4.79 Å². The van der Waals surface area contributed by atoms with Crippen molar-refractivity contribution in [1.82, 2.24) is 0 Å². The first-order chi connectivity index (χ1) is 7.04. The Kier molecular flexibility index (Phi) is 3.85. The monoisotopic (exact) mass is 272 g/mol. The molecule has 15 heavy (non-hydrogen) atoms. The molecule has 80 valence electrons. The summed E-state index contributed by atoms with van der Waals surface area (Å²) in [5, 5.41) is 8.64. The zero-order valence-corrected chi connectivity index (χ0v) is 9.52. The lowest BCUT2D eigenvalue weighted by Gasteiger charge is -2.11. The van der Waals surface area contributed by atoms with E-state index in [0.717, 1.165) is 4.47 Å². The van der Waals surface area contributed by atoms with Crippen LogP contribution in [-0.4, -0.2) is 23.5 Å². The maximum absolute atomic E-state index is 10.7. The third-order valence-electron chi connectivity index (χ3n) is 1.75. The van der Waals surface area contributed by atoms with Gasteiger partial charge in [0.2, 0.25) is 0 Å². The zero-order chi connectivity index (χ0) is 11.4. The van der Waals surface area contributed by atoms with E-state index in [2.05, 4.69) is 15.9 Å². The Bertz CT molecular complexity index is 389. The van der Waals surface area contributed by atoms with Crippen LogP contribution in [0.15, 0.2) is 22.7 Å². The largest absolute Gasteiger partial charge is 0.479 e. The first kappa shape index (κ1) is 11.7. The van der Waals surface area contributed by atoms with Crippen LogP contribution in [0.5, 0.6) is 5.75 Å². The second kappa shape index (κ2) is 4.93. The molecule has 1 N–H and O–H groups in total. The van der Waals surface area contributed by atoms with Crippen LogP contribution in [0.4, 0.5) is 0 Å². The lowest BCUT2D eigenvalue weighted by molar-refractivity contribution is -0.144. The summed E-state index contributed by atoms with van der Waals surface area (Å²) >= 11 is 3.20. The summed E-state index contributed by atoms with van der Waals surface area (Å²) in [6.07, 6.45) is -0.362. The first-order valence-corrected chi connectivity index (χ1v) is 4.98. The van der Waals surface area contributed by atoms with Gasteiger partial charge >= 0.3 is 5.97 Å². The minimum absolute atomic E-state index is 0.267. The summed E-state index contributed by atoms with van der Waals surface area (Å²) in [4.78, 5) is 21.2. The average Bonchev–Trinajstić information content (AvgIpc) is 2.20. The van der Waals surface area contributed by atoms with Gasteiger partial charge in [-0.05, 0) is 25.1 Å². The van der Waals surface area contributed by atoms with Crippen molar-refractivity contribution in [1.29, 1.82) is 0 Å². The van der Waals surface area contributed by atoms with E-state index in [4.69, 9.17) is 9.84 Å². The number of halogens is 1. The second-order valence-electron chi connectivity index (χ2n) is 2.90. The third kappa shape index (κ3) is 3.06. The molecular weight excluding hydrogens is 264 g/mol. The Hall–Kier alpha value is -1.36. The van der Waals surface area contributed by atoms with Gasteiger partial charge in [-0.25, -0.2) is 4.79 Å². The molecule has 1 atom stereocenters. The summed E-state index contributed by atoms with van der Waals surface area (Å²) in [5.74, 6) is -0.808. The van der Waals surface area contributed by atoms with Crippen molar-refractivity contribution in [2.45, 2.75) is 13.0 Å². The van der Waals surface area contributed by atoms with E-state index < -0.39 is 12.1 Å². The Morgan fingerprint density at radius 3 is 2.80 bits per heavy atom. The molecule has 1 rings (SSSR count). The molecule has 0 saturated carbocycles. The number of hydrogen-bond acceptors (Lipinski definition) is 3. The molecule has 1 aromatic rings. The van der Waals surface area contributed by atoms with Gasteiger partial charge < -0.3 is 9.84 Å². The highest BCUT2D eigenvalue weighted by molar-refractivity contribution is 9.10. The van der Waals surface area contributed by atoms with Crippen molar-refractivity contribution in [2.24, 2.45) is 0 Å². The number of carboxylic acid groups (broad SMARTS) is 1. The van der Waals surface area contributed by atoms with E-state index in [0.29, 0.717) is 11.8 Å². The van der Waals surface area contributed by atoms with Gasteiger partial charge in [0, 0.05) is 4.47 Å². The minimum atomic E-state index is -1.07. The van der Waals surface area contributed by atoms with Crippen LogP contribution < -0.4 is 4.74 Å². The molecule has 0 aromatic heterocycles. The molecule has 0 heterocycles. The topological polar surface area (TPSA) is 63.6 Å². The number of rotatable bonds is 4. The minimum Gasteiger partial charge on any atom is -0.479 e. The molecule has 0 fully saturated rings. The summed E-state index contributed by atoms with van der Waals surface area (Å²) in [7, 11) is 0. The van der Waals surface area contributed by atoms with Crippen LogP contribution in [-0.2, 0) is 4.79 Å². The molecule has 4 nitrogen and oxygen atoms in total. The van der Waals surface area contributed by atoms with Crippen LogP contribution in [0.2, 0.25) is 0 Å². The predicted molar refractivity (Wildman–Crippen MR) is 57.3 cm³/mol. The molecule has 0 aliphatic rings. The van der Waals surface area contributed by atoms with E-state index in [9.17, 15) is 9.59 Å². The van der Waals surface area contributed by atoms with Crippen molar-refractivity contribution in [2.75, 3.05) is 0 Å². The highest BCUT2D eigenvalue weighted by atomic mass is 79.9. The highest BCUT2D eigenvalue weighted by Gasteiger charge is 2.14. The lowest BCUT2D eigenvalue weighted by Crippen LogP contribution is -2.23. The smallest absolute Gasteiger partial charge is 0.344 e. The van der Waals surface area contributed by atoms with E-state index in [1.165, 1.54) is 6.92 Å². The molecule has 1 aromatic carbocycles. The van der Waals surface area contributed by atoms with Gasteiger partial charge in [0.05, 0.1) is 5.56 Å². The molecule has 0 saturated heterocycles. The Morgan fingerprint density at radius 1 is 1.60 bits per heavy atom. The van der Waals surface area contributed by atoms with Crippen LogP contribution in [0.1, 0.15) is 17.3 Å². The van der Waals surface area contributed by atoms with Gasteiger partial charge in [0.15, 0.2) is 12.4 Å². The van der Waals surface area contributed by atoms with Crippen LogP contribution >= 0.6 is 15.9 Å². The predicted octanol–water partition coefficient (Wildman–Crippen LogP) is 2.11. The van der Waals surface area contributed by atoms with Crippen molar-refractivity contribution in [3.63, 3.8) is 0 Å². The SMILES string of the molecule is C[C@H](Oc1ccc(Br)cc1C=O)C(=O)O. The highest BCUT2D eigenvalue weighted by Crippen LogP contribution is 2.22. The summed E-state index contributed by atoms with van der Waals surface area (Å²) in [6.45, 7) is 1.40. The Morgan fingerprint density at radius 2 is 2.27 bits per heavy atom. The third-order valence-corrected chi connectivity index (χ3v) is 2.24. The summed E-state index contributed by atoms with van der Waals surface area (Å²) in [5.41, 5.74) is 0.317. The van der Waals surface area contributed by atoms with Gasteiger partial charge in [-0.1, -0.05) is 15.9 Å². The molecular formula is C10H9BrO4. The number of carbonyl (C=O) groups is 2. The standard InChI is InChI=1S/C10H9BrO4/c1-6(10(13)14)15-9-3-2-8(11)4-7(9)5-12/h2-6H,1H3,(H,13,14)/t6-/m0/s1. The fourth-order valence-electron chi connectivity index (χ4n) is 0.960. The van der Waals surface area contributed by atoms with E-state index in [-0.39, 0.29) is 5.75 Å². The fourth-order valence-corrected chi connectivity index (χ4v) is 1.34. The number of aliphatic carboxylic acids is 1. The van der Waals surface area contributed by atoms with Crippen LogP contribution in [0, 0.1) is 0 Å². The zero-order valence-electron chi connectivity index (χ0n) is 7.94. The molecule has 0 amide bonds. The number of carboxylic acids is 1. The van der Waals surface area contributed by atoms with Crippen molar-refractivity contribution in [3.8, 4) is 5.75 Å². The van der Waals surface area contributed by atoms with Crippen LogP contribution in [0.25, 0.3) is 0 Å². The van der Waals surface area contributed by atoms with E-state index in [1.807, 2.05) is 0 Å². The van der Waals surface area contributed by atoms with Gasteiger partial charge in [-0.15, -0.1) is 0 Å². The summed E-state index contributed by atoms with van der Waals surface area (Å²) < 4.78 is 5.84. The molecule has 5 heteroatoms. The molecule has 0 radical (unpaired) electrons. The van der Waals surface area contributed by atoms with Crippen molar-refractivity contribution >= 4 is 28.2 Å². The fraction of sp³-hybridized carbons (Fsp3) is 0.200. The number of benzene rings is 1. The molecule has 0 spiro atoms. The molecule has 0 aliphatic heterocycles. The second-order valence-corrected chi connectivity index (χ2v) is 3.81. The lowest BCUT2D eigenvalue weighted by atomic mass is 10.2. The van der Waals surface area contributed by atoms with E-state index in [1.54, 1.807) is 18.2 Å². The number of hydrogen-bond donors (Lipinski definition) is 1. The average molecular weight is 273 g/mol. The van der Waals surface area contributed by atoms with E-state index >= 15 is 0 Å². The van der Waals surface area contributed by atoms with Crippen molar-refractivity contribution in [3.05, 3.63) is 28.2 Å². The van der Waals surface area contributed by atoms with Crippen LogP contribution in [0.3, 0.4) is 0 Å². The quantitative estimate of drug-likeness (QED) is 0.853. The number of carbonyl (C=O) groups excluding carboxylic acids is 1. The number of ether oxygens (including phenoxy) is 1. The summed E-state index contributed by atoms with van der Waals surface area (Å²) in [6, 6.07) is 4.79. The number of aldehydes is 1. The molecule has 0 bridgehead atoms. The molecule has 0 aliphatic carbocycles.